The smallest absolute Gasteiger partial charge is 0.236 e. The number of hydrogen-bond acceptors (Lipinski definition) is 3. The molecule has 0 aromatic carbocycles. The number of rotatable bonds is 3. The predicted octanol–water partition coefficient (Wildman–Crippen LogP) is 1.48. The van der Waals surface area contributed by atoms with Crippen molar-refractivity contribution < 1.29 is 4.79 Å². The fourth-order valence-corrected chi connectivity index (χ4v) is 3.57. The second-order valence-electron chi connectivity index (χ2n) is 4.87. The van der Waals surface area contributed by atoms with E-state index in [1.165, 1.54) is 25.7 Å². The van der Waals surface area contributed by atoms with E-state index in [1.807, 2.05) is 16.7 Å². The van der Waals surface area contributed by atoms with Crippen molar-refractivity contribution in [2.24, 2.45) is 0 Å². The fourth-order valence-electron chi connectivity index (χ4n) is 2.56. The van der Waals surface area contributed by atoms with Crippen molar-refractivity contribution in [3.63, 3.8) is 0 Å². The predicted molar refractivity (Wildman–Crippen MR) is 68.8 cm³/mol. The first kappa shape index (κ1) is 12.2. The van der Waals surface area contributed by atoms with Gasteiger partial charge in [0, 0.05) is 30.1 Å². The lowest BCUT2D eigenvalue weighted by atomic mass is 10.2. The van der Waals surface area contributed by atoms with Gasteiger partial charge in [0.15, 0.2) is 0 Å². The molecule has 2 aliphatic rings. The number of carbonyl (C=O) groups is 1. The van der Waals surface area contributed by atoms with E-state index < -0.39 is 0 Å². The molecule has 0 bridgehead atoms. The highest BCUT2D eigenvalue weighted by Crippen LogP contribution is 2.18. The summed E-state index contributed by atoms with van der Waals surface area (Å²) in [5, 5.41) is 3.40. The molecule has 0 aromatic heterocycles. The Bertz CT molecular complexity index is 241. The van der Waals surface area contributed by atoms with Crippen LogP contribution in [0.3, 0.4) is 0 Å². The number of amides is 1. The van der Waals surface area contributed by atoms with Crippen LogP contribution in [0.25, 0.3) is 0 Å². The summed E-state index contributed by atoms with van der Waals surface area (Å²) in [6, 6.07) is 1.01. The van der Waals surface area contributed by atoms with Gasteiger partial charge in [-0.05, 0) is 19.8 Å². The minimum atomic E-state index is 0.291. The minimum Gasteiger partial charge on any atom is -0.337 e. The maximum atomic E-state index is 12.0. The molecule has 1 saturated heterocycles. The zero-order valence-corrected chi connectivity index (χ0v) is 10.9. The Morgan fingerprint density at radius 1 is 1.44 bits per heavy atom. The van der Waals surface area contributed by atoms with E-state index in [4.69, 9.17) is 0 Å². The van der Waals surface area contributed by atoms with Gasteiger partial charge in [-0.1, -0.05) is 12.8 Å². The molecule has 0 spiro atoms. The molecule has 1 unspecified atom stereocenters. The van der Waals surface area contributed by atoms with E-state index in [2.05, 4.69) is 12.2 Å². The maximum absolute atomic E-state index is 12.0. The van der Waals surface area contributed by atoms with Gasteiger partial charge in [0.25, 0.3) is 0 Å². The van der Waals surface area contributed by atoms with Crippen LogP contribution in [0.15, 0.2) is 0 Å². The molecule has 2 fully saturated rings. The van der Waals surface area contributed by atoms with Crippen molar-refractivity contribution in [2.75, 3.05) is 24.6 Å². The SMILES string of the molecule is CC1CSCCN1C(=O)CNC1CCCC1. The Labute approximate surface area is 102 Å². The van der Waals surface area contributed by atoms with E-state index in [9.17, 15) is 4.79 Å². The van der Waals surface area contributed by atoms with E-state index in [0.717, 1.165) is 18.1 Å². The molecule has 1 saturated carbocycles. The molecule has 1 amide bonds. The number of thioether (sulfide) groups is 1. The fraction of sp³-hybridized carbons (Fsp3) is 0.917. The lowest BCUT2D eigenvalue weighted by Gasteiger charge is -2.33. The molecule has 0 aromatic rings. The van der Waals surface area contributed by atoms with E-state index >= 15 is 0 Å². The standard InChI is InChI=1S/C12H22N2OS/c1-10-9-16-7-6-14(10)12(15)8-13-11-4-2-3-5-11/h10-11,13H,2-9H2,1H3. The van der Waals surface area contributed by atoms with Gasteiger partial charge in [0.2, 0.25) is 5.91 Å². The van der Waals surface area contributed by atoms with Crippen molar-refractivity contribution in [2.45, 2.75) is 44.7 Å². The first-order valence-corrected chi connectivity index (χ1v) is 7.53. The Morgan fingerprint density at radius 2 is 2.19 bits per heavy atom. The van der Waals surface area contributed by atoms with Gasteiger partial charge in [0.1, 0.15) is 0 Å². The van der Waals surface area contributed by atoms with Gasteiger partial charge in [-0.3, -0.25) is 4.79 Å². The summed E-state index contributed by atoms with van der Waals surface area (Å²) < 4.78 is 0. The summed E-state index contributed by atoms with van der Waals surface area (Å²) in [6.45, 7) is 3.62. The third-order valence-electron chi connectivity index (χ3n) is 3.59. The largest absolute Gasteiger partial charge is 0.337 e. The monoisotopic (exact) mass is 242 g/mol. The van der Waals surface area contributed by atoms with Gasteiger partial charge < -0.3 is 10.2 Å². The zero-order chi connectivity index (χ0) is 11.4. The summed E-state index contributed by atoms with van der Waals surface area (Å²) in [7, 11) is 0. The van der Waals surface area contributed by atoms with Crippen molar-refractivity contribution >= 4 is 17.7 Å². The Kier molecular flexibility index (Phi) is 4.53. The summed E-state index contributed by atoms with van der Waals surface area (Å²) in [4.78, 5) is 14.1. The normalized spacial score (nSPS) is 27.3. The molecule has 4 heteroatoms. The van der Waals surface area contributed by atoms with Gasteiger partial charge in [0.05, 0.1) is 6.54 Å². The van der Waals surface area contributed by atoms with Crippen LogP contribution < -0.4 is 5.32 Å². The molecule has 2 rings (SSSR count). The second kappa shape index (κ2) is 5.92. The topological polar surface area (TPSA) is 32.3 Å². The van der Waals surface area contributed by atoms with E-state index in [0.29, 0.717) is 24.5 Å². The second-order valence-corrected chi connectivity index (χ2v) is 6.02. The number of nitrogens with one attached hydrogen (secondary N) is 1. The molecule has 1 N–H and O–H groups in total. The van der Waals surface area contributed by atoms with Crippen LogP contribution in [0.5, 0.6) is 0 Å². The highest BCUT2D eigenvalue weighted by atomic mass is 32.2. The van der Waals surface area contributed by atoms with Gasteiger partial charge >= 0.3 is 0 Å². The van der Waals surface area contributed by atoms with Crippen molar-refractivity contribution in [1.82, 2.24) is 10.2 Å². The Balaban J connectivity index is 1.73. The lowest BCUT2D eigenvalue weighted by Crippen LogP contribution is -2.48. The number of hydrogen-bond donors (Lipinski definition) is 1. The molecule has 16 heavy (non-hydrogen) atoms. The van der Waals surface area contributed by atoms with Crippen molar-refractivity contribution in [3.8, 4) is 0 Å². The van der Waals surface area contributed by atoms with Crippen LogP contribution >= 0.6 is 11.8 Å². The van der Waals surface area contributed by atoms with Crippen LogP contribution in [0.1, 0.15) is 32.6 Å². The third kappa shape index (κ3) is 3.14. The van der Waals surface area contributed by atoms with Crippen molar-refractivity contribution in [1.29, 1.82) is 0 Å². The first-order valence-electron chi connectivity index (χ1n) is 6.38. The van der Waals surface area contributed by atoms with Gasteiger partial charge in [-0.25, -0.2) is 0 Å². The first-order chi connectivity index (χ1) is 7.77. The summed E-state index contributed by atoms with van der Waals surface area (Å²) >= 11 is 1.95. The van der Waals surface area contributed by atoms with Crippen LogP contribution in [-0.2, 0) is 4.79 Å². The molecule has 0 radical (unpaired) electrons. The molecule has 1 aliphatic carbocycles. The maximum Gasteiger partial charge on any atom is 0.236 e. The summed E-state index contributed by atoms with van der Waals surface area (Å²) in [5.74, 6) is 2.48. The van der Waals surface area contributed by atoms with E-state index in [1.54, 1.807) is 0 Å². The van der Waals surface area contributed by atoms with Gasteiger partial charge in [-0.2, -0.15) is 11.8 Å². The molecular weight excluding hydrogens is 220 g/mol. The van der Waals surface area contributed by atoms with Crippen molar-refractivity contribution in [3.05, 3.63) is 0 Å². The average Bonchev–Trinajstić information content (AvgIpc) is 2.79. The zero-order valence-electron chi connectivity index (χ0n) is 10.1. The highest BCUT2D eigenvalue weighted by Gasteiger charge is 2.24. The van der Waals surface area contributed by atoms with E-state index in [-0.39, 0.29) is 0 Å². The third-order valence-corrected chi connectivity index (χ3v) is 4.77. The molecule has 1 heterocycles. The quantitative estimate of drug-likeness (QED) is 0.813. The highest BCUT2D eigenvalue weighted by molar-refractivity contribution is 7.99. The molecule has 1 aliphatic heterocycles. The Hall–Kier alpha value is -0.220. The average molecular weight is 242 g/mol. The van der Waals surface area contributed by atoms with Crippen LogP contribution in [0.4, 0.5) is 0 Å². The van der Waals surface area contributed by atoms with Crippen LogP contribution in [0.2, 0.25) is 0 Å². The molecular formula is C12H22N2OS. The Morgan fingerprint density at radius 3 is 2.88 bits per heavy atom. The van der Waals surface area contributed by atoms with Crippen LogP contribution in [0, 0.1) is 0 Å². The van der Waals surface area contributed by atoms with Crippen LogP contribution in [-0.4, -0.2) is 47.5 Å². The van der Waals surface area contributed by atoms with Gasteiger partial charge in [-0.15, -0.1) is 0 Å². The molecule has 3 nitrogen and oxygen atoms in total. The summed E-state index contributed by atoms with van der Waals surface area (Å²) in [5.41, 5.74) is 0. The molecule has 92 valence electrons. The minimum absolute atomic E-state index is 0.291. The summed E-state index contributed by atoms with van der Waals surface area (Å²) in [6.07, 6.45) is 5.14. The number of nitrogens with zero attached hydrogens (tertiary/aromatic N) is 1. The molecule has 1 atom stereocenters. The lowest BCUT2D eigenvalue weighted by molar-refractivity contribution is -0.131. The number of carbonyl (C=O) groups excluding carboxylic acids is 1.